The predicted molar refractivity (Wildman–Crippen MR) is 63.7 cm³/mol. The summed E-state index contributed by atoms with van der Waals surface area (Å²) >= 11 is 3.93. The molecule has 78 valence electrons. The summed E-state index contributed by atoms with van der Waals surface area (Å²) in [6.45, 7) is 0. The maximum atomic E-state index is 5.70. The Bertz CT molecular complexity index is 133. The van der Waals surface area contributed by atoms with Crippen LogP contribution < -0.4 is 0 Å². The zero-order chi connectivity index (χ0) is 9.57. The molecule has 0 spiro atoms. The topological polar surface area (TPSA) is 9.23 Å². The lowest BCUT2D eigenvalue weighted by Gasteiger charge is -2.35. The van der Waals surface area contributed by atoms with E-state index in [1.165, 1.54) is 42.9 Å². The standard InChI is InChI=1S/C10H20OS2/c1-11-10(8-13-9-12-2)6-4-3-5-7-10/h3-9H2,1-2H3. The van der Waals surface area contributed by atoms with E-state index in [2.05, 4.69) is 6.26 Å². The Hall–Kier alpha value is 0.660. The largest absolute Gasteiger partial charge is 0.377 e. The van der Waals surface area contributed by atoms with Gasteiger partial charge in [-0.1, -0.05) is 19.3 Å². The molecule has 0 unspecified atom stereocenters. The van der Waals surface area contributed by atoms with Crippen molar-refractivity contribution < 1.29 is 4.74 Å². The fraction of sp³-hybridized carbons (Fsp3) is 1.00. The van der Waals surface area contributed by atoms with Gasteiger partial charge in [0.25, 0.3) is 0 Å². The zero-order valence-electron chi connectivity index (χ0n) is 8.67. The summed E-state index contributed by atoms with van der Waals surface area (Å²) in [7, 11) is 1.88. The minimum Gasteiger partial charge on any atom is -0.377 e. The first-order valence-corrected chi connectivity index (χ1v) is 7.50. The molecular weight excluding hydrogens is 200 g/mol. The molecule has 0 amide bonds. The van der Waals surface area contributed by atoms with E-state index in [1.807, 2.05) is 30.6 Å². The SMILES string of the molecule is COC1(CSCSC)CCCCC1. The van der Waals surface area contributed by atoms with E-state index >= 15 is 0 Å². The smallest absolute Gasteiger partial charge is 0.0769 e. The minimum atomic E-state index is 0.221. The number of methoxy groups -OCH3 is 1. The Balaban J connectivity index is 2.29. The van der Waals surface area contributed by atoms with Gasteiger partial charge in [0.05, 0.1) is 5.60 Å². The first-order valence-electron chi connectivity index (χ1n) is 4.95. The van der Waals surface area contributed by atoms with E-state index in [-0.39, 0.29) is 5.60 Å². The van der Waals surface area contributed by atoms with Gasteiger partial charge >= 0.3 is 0 Å². The molecule has 1 aliphatic rings. The lowest BCUT2D eigenvalue weighted by molar-refractivity contribution is -0.0189. The van der Waals surface area contributed by atoms with Crippen LogP contribution in [0.15, 0.2) is 0 Å². The van der Waals surface area contributed by atoms with Gasteiger partial charge in [-0.25, -0.2) is 0 Å². The fourth-order valence-corrected chi connectivity index (χ4v) is 3.69. The molecule has 1 rings (SSSR count). The Labute approximate surface area is 90.4 Å². The highest BCUT2D eigenvalue weighted by Crippen LogP contribution is 2.34. The van der Waals surface area contributed by atoms with Crippen LogP contribution in [0.5, 0.6) is 0 Å². The number of thioether (sulfide) groups is 2. The van der Waals surface area contributed by atoms with E-state index in [0.29, 0.717) is 0 Å². The van der Waals surface area contributed by atoms with Crippen molar-refractivity contribution >= 4 is 23.5 Å². The first kappa shape index (κ1) is 11.7. The van der Waals surface area contributed by atoms with E-state index in [4.69, 9.17) is 4.74 Å². The molecule has 0 N–H and O–H groups in total. The summed E-state index contributed by atoms with van der Waals surface area (Å²) in [4.78, 5) is 0. The molecule has 0 bridgehead atoms. The third kappa shape index (κ3) is 3.72. The van der Waals surface area contributed by atoms with Gasteiger partial charge in [0.15, 0.2) is 0 Å². The van der Waals surface area contributed by atoms with Crippen molar-refractivity contribution in [3.63, 3.8) is 0 Å². The third-order valence-electron chi connectivity index (χ3n) is 2.76. The molecule has 0 aromatic heterocycles. The van der Waals surface area contributed by atoms with Crippen LogP contribution in [0.2, 0.25) is 0 Å². The molecule has 0 radical (unpaired) electrons. The monoisotopic (exact) mass is 220 g/mol. The first-order chi connectivity index (χ1) is 6.33. The van der Waals surface area contributed by atoms with Crippen LogP contribution in [0.25, 0.3) is 0 Å². The molecular formula is C10H20OS2. The molecule has 3 heteroatoms. The Morgan fingerprint density at radius 1 is 1.23 bits per heavy atom. The quantitative estimate of drug-likeness (QED) is 0.519. The number of hydrogen-bond donors (Lipinski definition) is 0. The van der Waals surface area contributed by atoms with Crippen LogP contribution in [0, 0.1) is 0 Å². The molecule has 0 saturated heterocycles. The Morgan fingerprint density at radius 3 is 2.46 bits per heavy atom. The second-order valence-electron chi connectivity index (χ2n) is 3.70. The van der Waals surface area contributed by atoms with Gasteiger partial charge in [0, 0.05) is 17.9 Å². The van der Waals surface area contributed by atoms with Crippen molar-refractivity contribution in [3.8, 4) is 0 Å². The maximum Gasteiger partial charge on any atom is 0.0769 e. The average molecular weight is 220 g/mol. The molecule has 0 aromatic carbocycles. The summed E-state index contributed by atoms with van der Waals surface area (Å²) in [6, 6.07) is 0. The van der Waals surface area contributed by atoms with Crippen molar-refractivity contribution in [1.29, 1.82) is 0 Å². The molecule has 13 heavy (non-hydrogen) atoms. The van der Waals surface area contributed by atoms with Crippen LogP contribution in [0.4, 0.5) is 0 Å². The summed E-state index contributed by atoms with van der Waals surface area (Å²) < 4.78 is 5.70. The summed E-state index contributed by atoms with van der Waals surface area (Å²) in [6.07, 6.45) is 8.81. The van der Waals surface area contributed by atoms with Crippen molar-refractivity contribution in [2.45, 2.75) is 37.7 Å². The molecule has 1 fully saturated rings. The second kappa shape index (κ2) is 6.20. The number of ether oxygens (including phenoxy) is 1. The van der Waals surface area contributed by atoms with Crippen LogP contribution in [-0.4, -0.2) is 29.8 Å². The van der Waals surface area contributed by atoms with Gasteiger partial charge in [-0.15, -0.1) is 11.8 Å². The minimum absolute atomic E-state index is 0.221. The van der Waals surface area contributed by atoms with Gasteiger partial charge in [-0.3, -0.25) is 0 Å². The Kier molecular flexibility index (Phi) is 5.60. The molecule has 1 nitrogen and oxygen atoms in total. The van der Waals surface area contributed by atoms with Gasteiger partial charge in [-0.05, 0) is 19.1 Å². The lowest BCUT2D eigenvalue weighted by Crippen LogP contribution is -2.36. The number of hydrogen-bond acceptors (Lipinski definition) is 3. The third-order valence-corrected chi connectivity index (χ3v) is 5.10. The maximum absolute atomic E-state index is 5.70. The van der Waals surface area contributed by atoms with Crippen molar-refractivity contribution in [1.82, 2.24) is 0 Å². The van der Waals surface area contributed by atoms with Gasteiger partial charge < -0.3 is 4.74 Å². The summed E-state index contributed by atoms with van der Waals surface area (Å²) in [5.41, 5.74) is 0.221. The summed E-state index contributed by atoms with van der Waals surface area (Å²) in [5, 5.41) is 1.20. The number of rotatable bonds is 5. The zero-order valence-corrected chi connectivity index (χ0v) is 10.3. The van der Waals surface area contributed by atoms with Gasteiger partial charge in [-0.2, -0.15) is 11.8 Å². The molecule has 0 heterocycles. The van der Waals surface area contributed by atoms with Gasteiger partial charge in [0.1, 0.15) is 0 Å². The molecule has 0 aromatic rings. The second-order valence-corrected chi connectivity index (χ2v) is 5.92. The molecule has 0 aliphatic heterocycles. The molecule has 0 atom stereocenters. The van der Waals surface area contributed by atoms with Crippen molar-refractivity contribution in [2.75, 3.05) is 24.2 Å². The van der Waals surface area contributed by atoms with Crippen LogP contribution >= 0.6 is 23.5 Å². The Morgan fingerprint density at radius 2 is 1.92 bits per heavy atom. The van der Waals surface area contributed by atoms with Crippen LogP contribution in [0.3, 0.4) is 0 Å². The molecule has 1 saturated carbocycles. The summed E-state index contributed by atoms with van der Waals surface area (Å²) in [5.74, 6) is 1.18. The molecule has 1 aliphatic carbocycles. The van der Waals surface area contributed by atoms with E-state index in [9.17, 15) is 0 Å². The van der Waals surface area contributed by atoms with Crippen LogP contribution in [-0.2, 0) is 4.74 Å². The normalized spacial score (nSPS) is 21.7. The fourth-order valence-electron chi connectivity index (χ4n) is 1.91. The van der Waals surface area contributed by atoms with Gasteiger partial charge in [0.2, 0.25) is 0 Å². The average Bonchev–Trinajstić information content (AvgIpc) is 2.20. The predicted octanol–water partition coefficient (Wildman–Crippen LogP) is 3.39. The van der Waals surface area contributed by atoms with Crippen molar-refractivity contribution in [2.24, 2.45) is 0 Å². The lowest BCUT2D eigenvalue weighted by atomic mass is 9.86. The van der Waals surface area contributed by atoms with E-state index < -0.39 is 0 Å². The van der Waals surface area contributed by atoms with E-state index in [1.54, 1.807) is 0 Å². The van der Waals surface area contributed by atoms with Crippen molar-refractivity contribution in [3.05, 3.63) is 0 Å². The van der Waals surface area contributed by atoms with Crippen LogP contribution in [0.1, 0.15) is 32.1 Å². The van der Waals surface area contributed by atoms with E-state index in [0.717, 1.165) is 0 Å². The highest BCUT2D eigenvalue weighted by molar-refractivity contribution is 8.15. The highest BCUT2D eigenvalue weighted by Gasteiger charge is 2.31. The highest BCUT2D eigenvalue weighted by atomic mass is 32.2.